The van der Waals surface area contributed by atoms with E-state index in [1.54, 1.807) is 18.1 Å². The molecule has 2 aromatic rings. The summed E-state index contributed by atoms with van der Waals surface area (Å²) >= 11 is 1.66. The molecule has 1 aromatic carbocycles. The number of carbonyl (C=O) groups is 1. The number of piperazine rings is 1. The Bertz CT molecular complexity index is 837. The lowest BCUT2D eigenvalue weighted by atomic mass is 10.3. The molecule has 9 heteroatoms. The van der Waals surface area contributed by atoms with Gasteiger partial charge in [-0.3, -0.25) is 0 Å². The van der Waals surface area contributed by atoms with Crippen LogP contribution in [0.2, 0.25) is 0 Å². The van der Waals surface area contributed by atoms with Crippen LogP contribution in [-0.4, -0.2) is 79.6 Å². The maximum atomic E-state index is 12.6. The molecule has 2 fully saturated rings. The summed E-state index contributed by atoms with van der Waals surface area (Å²) in [6.45, 7) is 5.97. The van der Waals surface area contributed by atoms with E-state index in [0.29, 0.717) is 13.1 Å². The SMILES string of the molecule is CSc1cccc(NC(=O)N2CCN(c3cc(N4CCOCC4)ncn3)CC2)c1. The van der Waals surface area contributed by atoms with Crippen molar-refractivity contribution in [3.8, 4) is 0 Å². The van der Waals surface area contributed by atoms with Gasteiger partial charge in [0.2, 0.25) is 0 Å². The van der Waals surface area contributed by atoms with Crippen LogP contribution in [0.4, 0.5) is 22.1 Å². The highest BCUT2D eigenvalue weighted by Gasteiger charge is 2.23. The third-order valence-electron chi connectivity index (χ3n) is 5.19. The number of rotatable bonds is 4. The van der Waals surface area contributed by atoms with Crippen LogP contribution < -0.4 is 15.1 Å². The molecule has 2 aliphatic rings. The van der Waals surface area contributed by atoms with Gasteiger partial charge in [0.25, 0.3) is 0 Å². The first kappa shape index (κ1) is 19.8. The second kappa shape index (κ2) is 9.32. The van der Waals surface area contributed by atoms with E-state index in [9.17, 15) is 4.79 Å². The first-order valence-corrected chi connectivity index (χ1v) is 11.0. The fraction of sp³-hybridized carbons (Fsp3) is 0.450. The number of carbonyl (C=O) groups excluding carboxylic acids is 1. The molecule has 8 nitrogen and oxygen atoms in total. The van der Waals surface area contributed by atoms with E-state index in [-0.39, 0.29) is 6.03 Å². The number of urea groups is 1. The van der Waals surface area contributed by atoms with E-state index in [0.717, 1.165) is 61.6 Å². The number of aromatic nitrogens is 2. The number of thioether (sulfide) groups is 1. The van der Waals surface area contributed by atoms with Crippen LogP contribution in [0.15, 0.2) is 41.6 Å². The van der Waals surface area contributed by atoms with Crippen LogP contribution in [-0.2, 0) is 4.74 Å². The lowest BCUT2D eigenvalue weighted by Crippen LogP contribution is -2.50. The Hall–Kier alpha value is -2.52. The lowest BCUT2D eigenvalue weighted by Gasteiger charge is -2.36. The van der Waals surface area contributed by atoms with Gasteiger partial charge in [0.05, 0.1) is 13.2 Å². The number of benzene rings is 1. The average Bonchev–Trinajstić information content (AvgIpc) is 2.80. The molecule has 0 spiro atoms. The monoisotopic (exact) mass is 414 g/mol. The first-order chi connectivity index (χ1) is 14.2. The predicted molar refractivity (Wildman–Crippen MR) is 116 cm³/mol. The molecule has 2 amide bonds. The largest absolute Gasteiger partial charge is 0.378 e. The van der Waals surface area contributed by atoms with Gasteiger partial charge in [-0.25, -0.2) is 14.8 Å². The Morgan fingerprint density at radius 3 is 2.38 bits per heavy atom. The van der Waals surface area contributed by atoms with Gasteiger partial charge in [-0.2, -0.15) is 0 Å². The van der Waals surface area contributed by atoms with Crippen LogP contribution in [0, 0.1) is 0 Å². The minimum Gasteiger partial charge on any atom is -0.378 e. The Labute approximate surface area is 175 Å². The third kappa shape index (κ3) is 4.91. The van der Waals surface area contributed by atoms with Gasteiger partial charge in [-0.05, 0) is 24.5 Å². The van der Waals surface area contributed by atoms with Crippen molar-refractivity contribution in [3.05, 3.63) is 36.7 Å². The number of nitrogens with zero attached hydrogens (tertiary/aromatic N) is 5. The van der Waals surface area contributed by atoms with Crippen LogP contribution >= 0.6 is 11.8 Å². The Kier molecular flexibility index (Phi) is 6.36. The Morgan fingerprint density at radius 2 is 1.69 bits per heavy atom. The number of nitrogens with one attached hydrogen (secondary N) is 1. The van der Waals surface area contributed by atoms with Gasteiger partial charge in [0.1, 0.15) is 18.0 Å². The molecule has 3 heterocycles. The van der Waals surface area contributed by atoms with Crippen molar-refractivity contribution in [1.29, 1.82) is 0 Å². The smallest absolute Gasteiger partial charge is 0.321 e. The molecule has 1 aromatic heterocycles. The molecule has 154 valence electrons. The van der Waals surface area contributed by atoms with E-state index in [4.69, 9.17) is 4.74 Å². The summed E-state index contributed by atoms with van der Waals surface area (Å²) in [5.74, 6) is 1.85. The molecule has 0 bridgehead atoms. The molecular formula is C20H26N6O2S. The van der Waals surface area contributed by atoms with Crippen molar-refractivity contribution < 1.29 is 9.53 Å². The molecule has 0 saturated carbocycles. The van der Waals surface area contributed by atoms with Crippen molar-refractivity contribution in [2.24, 2.45) is 0 Å². The molecular weight excluding hydrogens is 388 g/mol. The van der Waals surface area contributed by atoms with Gasteiger partial charge in [0.15, 0.2) is 0 Å². The normalized spacial score (nSPS) is 17.3. The standard InChI is InChI=1S/C20H26N6O2S/c1-29-17-4-2-3-16(13-17)23-20(27)26-7-5-24(6-8-26)18-14-19(22-15-21-18)25-9-11-28-12-10-25/h2-4,13-15H,5-12H2,1H3,(H,23,27). The highest BCUT2D eigenvalue weighted by atomic mass is 32.2. The van der Waals surface area contributed by atoms with Gasteiger partial charge in [-0.1, -0.05) is 6.07 Å². The van der Waals surface area contributed by atoms with Gasteiger partial charge in [-0.15, -0.1) is 11.8 Å². The van der Waals surface area contributed by atoms with Crippen molar-refractivity contribution >= 4 is 35.1 Å². The summed E-state index contributed by atoms with van der Waals surface area (Å²) in [5, 5.41) is 3.00. The molecule has 0 unspecified atom stereocenters. The summed E-state index contributed by atoms with van der Waals surface area (Å²) in [6.07, 6.45) is 3.65. The van der Waals surface area contributed by atoms with Crippen LogP contribution in [0.1, 0.15) is 0 Å². The second-order valence-corrected chi connectivity index (χ2v) is 7.85. The Balaban J connectivity index is 1.33. The molecule has 1 N–H and O–H groups in total. The number of ether oxygens (including phenoxy) is 1. The van der Waals surface area contributed by atoms with Crippen molar-refractivity contribution in [2.75, 3.05) is 73.9 Å². The maximum Gasteiger partial charge on any atom is 0.321 e. The maximum absolute atomic E-state index is 12.6. The highest BCUT2D eigenvalue weighted by molar-refractivity contribution is 7.98. The zero-order chi connectivity index (χ0) is 20.1. The lowest BCUT2D eigenvalue weighted by molar-refractivity contribution is 0.122. The second-order valence-electron chi connectivity index (χ2n) is 6.97. The van der Waals surface area contributed by atoms with E-state index in [1.807, 2.05) is 41.5 Å². The molecule has 4 rings (SSSR count). The minimum atomic E-state index is -0.0559. The summed E-state index contributed by atoms with van der Waals surface area (Å²) < 4.78 is 5.42. The zero-order valence-corrected chi connectivity index (χ0v) is 17.4. The van der Waals surface area contributed by atoms with Crippen LogP contribution in [0.25, 0.3) is 0 Å². The predicted octanol–water partition coefficient (Wildman–Crippen LogP) is 2.39. The molecule has 0 atom stereocenters. The molecule has 0 aliphatic carbocycles. The topological polar surface area (TPSA) is 73.8 Å². The number of hydrogen-bond donors (Lipinski definition) is 1. The fourth-order valence-corrected chi connectivity index (χ4v) is 3.98. The summed E-state index contributed by atoms with van der Waals surface area (Å²) in [4.78, 5) is 28.9. The zero-order valence-electron chi connectivity index (χ0n) is 16.6. The quantitative estimate of drug-likeness (QED) is 0.770. The average molecular weight is 415 g/mol. The van der Waals surface area contributed by atoms with E-state index in [2.05, 4.69) is 25.1 Å². The van der Waals surface area contributed by atoms with E-state index < -0.39 is 0 Å². The number of morpholine rings is 1. The summed E-state index contributed by atoms with van der Waals surface area (Å²) in [7, 11) is 0. The van der Waals surface area contributed by atoms with Crippen LogP contribution in [0.5, 0.6) is 0 Å². The number of amides is 2. The van der Waals surface area contributed by atoms with Crippen molar-refractivity contribution in [3.63, 3.8) is 0 Å². The first-order valence-electron chi connectivity index (χ1n) is 9.82. The van der Waals surface area contributed by atoms with E-state index >= 15 is 0 Å². The van der Waals surface area contributed by atoms with Gasteiger partial charge < -0.3 is 24.8 Å². The van der Waals surface area contributed by atoms with Gasteiger partial charge >= 0.3 is 6.03 Å². The van der Waals surface area contributed by atoms with Crippen molar-refractivity contribution in [2.45, 2.75) is 4.90 Å². The van der Waals surface area contributed by atoms with Crippen molar-refractivity contribution in [1.82, 2.24) is 14.9 Å². The summed E-state index contributed by atoms with van der Waals surface area (Å²) in [6, 6.07) is 9.88. The Morgan fingerprint density at radius 1 is 1.00 bits per heavy atom. The minimum absolute atomic E-state index is 0.0559. The van der Waals surface area contributed by atoms with Crippen LogP contribution in [0.3, 0.4) is 0 Å². The molecule has 2 saturated heterocycles. The number of anilines is 3. The molecule has 2 aliphatic heterocycles. The molecule has 29 heavy (non-hydrogen) atoms. The van der Waals surface area contributed by atoms with Gasteiger partial charge in [0, 0.05) is 55.9 Å². The molecule has 0 radical (unpaired) electrons. The highest BCUT2D eigenvalue weighted by Crippen LogP contribution is 2.21. The fourth-order valence-electron chi connectivity index (χ4n) is 3.52. The third-order valence-corrected chi connectivity index (χ3v) is 5.91. The van der Waals surface area contributed by atoms with E-state index in [1.165, 1.54) is 0 Å². The summed E-state index contributed by atoms with van der Waals surface area (Å²) in [5.41, 5.74) is 0.829. The number of hydrogen-bond acceptors (Lipinski definition) is 7.